The normalized spacial score (nSPS) is 19.9. The topological polar surface area (TPSA) is 41.7 Å². The van der Waals surface area contributed by atoms with E-state index in [0.717, 1.165) is 66.5 Å². The van der Waals surface area contributed by atoms with Crippen molar-refractivity contribution in [2.24, 2.45) is 0 Å². The largest absolute Gasteiger partial charge is 0.492 e. The second kappa shape index (κ2) is 7.62. The maximum Gasteiger partial charge on any atom is 0.137 e. The highest BCUT2D eigenvalue weighted by molar-refractivity contribution is 5.80. The molecule has 1 fully saturated rings. The number of rotatable bonds is 3. The Kier molecular flexibility index (Phi) is 4.94. The summed E-state index contributed by atoms with van der Waals surface area (Å²) in [5, 5.41) is 1.11. The number of piperazine rings is 1. The Labute approximate surface area is 178 Å². The summed E-state index contributed by atoms with van der Waals surface area (Å²) in [4.78, 5) is 9.59. The molecule has 0 saturated carbocycles. The van der Waals surface area contributed by atoms with E-state index in [9.17, 15) is 0 Å². The van der Waals surface area contributed by atoms with Gasteiger partial charge in [0.1, 0.15) is 17.1 Å². The van der Waals surface area contributed by atoms with E-state index >= 15 is 0 Å². The predicted molar refractivity (Wildman–Crippen MR) is 121 cm³/mol. The predicted octanol–water partition coefficient (Wildman–Crippen LogP) is 4.69. The molecule has 1 unspecified atom stereocenters. The third-order valence-corrected chi connectivity index (χ3v) is 6.62. The van der Waals surface area contributed by atoms with Crippen LogP contribution in [0, 0.1) is 13.8 Å². The highest BCUT2D eigenvalue weighted by atomic mass is 16.5. The monoisotopic (exact) mass is 405 g/mol. The molecule has 0 aliphatic carbocycles. The van der Waals surface area contributed by atoms with Gasteiger partial charge in [-0.3, -0.25) is 9.88 Å². The van der Waals surface area contributed by atoms with Crippen LogP contribution in [0.4, 0.5) is 5.69 Å². The molecule has 0 spiro atoms. The fourth-order valence-corrected chi connectivity index (χ4v) is 4.80. The minimum absolute atomic E-state index is 0.241. The van der Waals surface area contributed by atoms with E-state index in [2.05, 4.69) is 52.9 Å². The van der Waals surface area contributed by atoms with Crippen LogP contribution in [0.2, 0.25) is 0 Å². The van der Waals surface area contributed by atoms with Crippen molar-refractivity contribution in [2.75, 3.05) is 37.7 Å². The van der Waals surface area contributed by atoms with E-state index in [0.29, 0.717) is 12.6 Å². The van der Waals surface area contributed by atoms with Crippen molar-refractivity contribution < 1.29 is 9.15 Å². The van der Waals surface area contributed by atoms with Crippen molar-refractivity contribution in [3.63, 3.8) is 0 Å². The highest BCUT2D eigenvalue weighted by Crippen LogP contribution is 2.37. The number of hydrogen-bond acceptors (Lipinski definition) is 5. The smallest absolute Gasteiger partial charge is 0.137 e. The second-order valence-corrected chi connectivity index (χ2v) is 9.03. The van der Waals surface area contributed by atoms with Crippen molar-refractivity contribution in [3.05, 3.63) is 53.0 Å². The standard InChI is InChI=1S/C25H31N3O2/c1-16(2)27-7-9-28(10-8-27)21-6-5-19-12-20(15-29-23(19)13-21)24-14-22-18(4)26-17(3)11-25(22)30-24/h5-6,11,13-14,16,20H,7-10,12,15H2,1-4H3. The molecule has 2 aliphatic rings. The summed E-state index contributed by atoms with van der Waals surface area (Å²) in [6, 6.07) is 11.5. The molecular weight excluding hydrogens is 374 g/mol. The molecule has 0 N–H and O–H groups in total. The van der Waals surface area contributed by atoms with Gasteiger partial charge in [-0.1, -0.05) is 6.07 Å². The second-order valence-electron chi connectivity index (χ2n) is 9.03. The number of nitrogens with zero attached hydrogens (tertiary/aromatic N) is 3. The third kappa shape index (κ3) is 3.56. The molecule has 5 nitrogen and oxygen atoms in total. The van der Waals surface area contributed by atoms with Gasteiger partial charge in [-0.05, 0) is 51.8 Å². The fraction of sp³-hybridized carbons (Fsp3) is 0.480. The summed E-state index contributed by atoms with van der Waals surface area (Å²) >= 11 is 0. The lowest BCUT2D eigenvalue weighted by Gasteiger charge is -2.38. The van der Waals surface area contributed by atoms with E-state index in [1.54, 1.807) is 0 Å². The van der Waals surface area contributed by atoms with Gasteiger partial charge in [0.05, 0.1) is 12.5 Å². The van der Waals surface area contributed by atoms with Crippen LogP contribution in [0.3, 0.4) is 0 Å². The molecule has 2 aliphatic heterocycles. The Balaban J connectivity index is 1.32. The molecule has 0 bridgehead atoms. The average molecular weight is 406 g/mol. The molecule has 1 saturated heterocycles. The first kappa shape index (κ1) is 19.4. The van der Waals surface area contributed by atoms with Crippen LogP contribution in [-0.4, -0.2) is 48.7 Å². The summed E-state index contributed by atoms with van der Waals surface area (Å²) in [5.41, 5.74) is 5.49. The highest BCUT2D eigenvalue weighted by Gasteiger charge is 2.26. The molecule has 1 atom stereocenters. The minimum Gasteiger partial charge on any atom is -0.492 e. The first-order valence-corrected chi connectivity index (χ1v) is 11.1. The molecule has 3 aromatic rings. The van der Waals surface area contributed by atoms with Crippen molar-refractivity contribution >= 4 is 16.7 Å². The van der Waals surface area contributed by atoms with Crippen LogP contribution in [0.5, 0.6) is 5.75 Å². The van der Waals surface area contributed by atoms with Gasteiger partial charge in [-0.15, -0.1) is 0 Å². The zero-order valence-electron chi connectivity index (χ0n) is 18.4. The van der Waals surface area contributed by atoms with Crippen molar-refractivity contribution in [1.29, 1.82) is 0 Å². The van der Waals surface area contributed by atoms with E-state index in [1.165, 1.54) is 11.3 Å². The molecule has 5 heteroatoms. The lowest BCUT2D eigenvalue weighted by atomic mass is 9.94. The van der Waals surface area contributed by atoms with Gasteiger partial charge in [0.2, 0.25) is 0 Å². The van der Waals surface area contributed by atoms with E-state index < -0.39 is 0 Å². The van der Waals surface area contributed by atoms with Crippen molar-refractivity contribution in [3.8, 4) is 5.75 Å². The van der Waals surface area contributed by atoms with Gasteiger partial charge in [0.15, 0.2) is 0 Å². The van der Waals surface area contributed by atoms with Crippen LogP contribution in [0.1, 0.15) is 42.5 Å². The summed E-state index contributed by atoms with van der Waals surface area (Å²) in [6.45, 7) is 13.7. The zero-order valence-corrected chi connectivity index (χ0v) is 18.4. The van der Waals surface area contributed by atoms with Crippen LogP contribution in [0.25, 0.3) is 11.0 Å². The Morgan fingerprint density at radius 1 is 1.03 bits per heavy atom. The van der Waals surface area contributed by atoms with Gasteiger partial charge in [-0.2, -0.15) is 0 Å². The first-order valence-electron chi connectivity index (χ1n) is 11.1. The van der Waals surface area contributed by atoms with Gasteiger partial charge in [-0.25, -0.2) is 0 Å². The number of furan rings is 1. The molecule has 1 aromatic carbocycles. The fourth-order valence-electron chi connectivity index (χ4n) is 4.80. The number of fused-ring (bicyclic) bond motifs is 2. The number of anilines is 1. The van der Waals surface area contributed by atoms with E-state index in [-0.39, 0.29) is 5.92 Å². The van der Waals surface area contributed by atoms with Crippen LogP contribution in [0.15, 0.2) is 34.7 Å². The van der Waals surface area contributed by atoms with E-state index in [1.807, 2.05) is 19.9 Å². The van der Waals surface area contributed by atoms with Gasteiger partial charge >= 0.3 is 0 Å². The molecule has 30 heavy (non-hydrogen) atoms. The maximum absolute atomic E-state index is 6.22. The summed E-state index contributed by atoms with van der Waals surface area (Å²) in [5.74, 6) is 2.27. The van der Waals surface area contributed by atoms with Crippen LogP contribution in [-0.2, 0) is 6.42 Å². The van der Waals surface area contributed by atoms with Crippen molar-refractivity contribution in [2.45, 2.75) is 46.1 Å². The Bertz CT molecular complexity index is 1060. The molecular formula is C25H31N3O2. The quantitative estimate of drug-likeness (QED) is 0.632. The maximum atomic E-state index is 6.22. The molecule has 158 valence electrons. The zero-order chi connectivity index (χ0) is 20.8. The molecule has 0 amide bonds. The molecule has 4 heterocycles. The number of hydrogen-bond donors (Lipinski definition) is 0. The minimum atomic E-state index is 0.241. The molecule has 5 rings (SSSR count). The number of pyridine rings is 1. The molecule has 0 radical (unpaired) electrons. The van der Waals surface area contributed by atoms with Crippen LogP contribution < -0.4 is 9.64 Å². The van der Waals surface area contributed by atoms with Gasteiger partial charge in [0.25, 0.3) is 0 Å². The number of benzene rings is 1. The van der Waals surface area contributed by atoms with E-state index in [4.69, 9.17) is 9.15 Å². The van der Waals surface area contributed by atoms with Gasteiger partial charge in [0, 0.05) is 66.8 Å². The SMILES string of the molecule is Cc1cc2oc(C3COc4cc(N5CCN(C(C)C)CC5)ccc4C3)cc2c(C)n1. The summed E-state index contributed by atoms with van der Waals surface area (Å²) < 4.78 is 12.4. The lowest BCUT2D eigenvalue weighted by Crippen LogP contribution is -2.48. The van der Waals surface area contributed by atoms with Crippen molar-refractivity contribution in [1.82, 2.24) is 9.88 Å². The number of aromatic nitrogens is 1. The average Bonchev–Trinajstić information content (AvgIpc) is 3.17. The summed E-state index contributed by atoms with van der Waals surface area (Å²) in [6.07, 6.45) is 0.946. The third-order valence-electron chi connectivity index (χ3n) is 6.62. The van der Waals surface area contributed by atoms with Gasteiger partial charge < -0.3 is 14.1 Å². The first-order chi connectivity index (χ1) is 14.5. The lowest BCUT2D eigenvalue weighted by molar-refractivity contribution is 0.209. The van der Waals surface area contributed by atoms with Crippen LogP contribution >= 0.6 is 0 Å². The molecule has 2 aromatic heterocycles. The Morgan fingerprint density at radius 2 is 1.83 bits per heavy atom. The number of ether oxygens (including phenoxy) is 1. The Morgan fingerprint density at radius 3 is 2.60 bits per heavy atom. The Hall–Kier alpha value is -2.53. The number of aryl methyl sites for hydroxylation is 2. The summed E-state index contributed by atoms with van der Waals surface area (Å²) in [7, 11) is 0.